The Bertz CT molecular complexity index is 539. The molecule has 1 aliphatic rings. The van der Waals surface area contributed by atoms with E-state index in [1.54, 1.807) is 0 Å². The number of amides is 1. The number of carbonyl (C=O) groups excluding carboxylic acids is 1. The summed E-state index contributed by atoms with van der Waals surface area (Å²) in [5.74, 6) is -0.642. The van der Waals surface area contributed by atoms with Crippen LogP contribution in [0.15, 0.2) is 30.3 Å². The SMILES string of the molecule is CCC(C)(C)C(=O)N1C[C@@H](CC(=O)O)C[C@H]1c1ccccc1. The van der Waals surface area contributed by atoms with E-state index in [-0.39, 0.29) is 24.3 Å². The highest BCUT2D eigenvalue weighted by Gasteiger charge is 2.41. The molecule has 22 heavy (non-hydrogen) atoms. The number of likely N-dealkylation sites (tertiary alicyclic amines) is 1. The lowest BCUT2D eigenvalue weighted by molar-refractivity contribution is -0.142. The van der Waals surface area contributed by atoms with Gasteiger partial charge in [0.1, 0.15) is 0 Å². The van der Waals surface area contributed by atoms with Gasteiger partial charge in [0.05, 0.1) is 6.04 Å². The van der Waals surface area contributed by atoms with E-state index in [4.69, 9.17) is 5.11 Å². The standard InChI is InChI=1S/C18H25NO3/c1-4-18(2,3)17(22)19-12-13(11-16(20)21)10-15(19)14-8-6-5-7-9-14/h5-9,13,15H,4,10-12H2,1-3H3,(H,20,21)/t13-,15+/m1/s1. The molecule has 120 valence electrons. The van der Waals surface area contributed by atoms with Gasteiger partial charge in [-0.3, -0.25) is 9.59 Å². The summed E-state index contributed by atoms with van der Waals surface area (Å²) in [7, 11) is 0. The zero-order chi connectivity index (χ0) is 16.3. The molecule has 1 aromatic carbocycles. The number of carbonyl (C=O) groups is 2. The second-order valence-electron chi connectivity index (χ2n) is 6.82. The van der Waals surface area contributed by atoms with Crippen LogP contribution in [-0.2, 0) is 9.59 Å². The number of carboxylic acid groups (broad SMARTS) is 1. The molecular formula is C18H25NO3. The lowest BCUT2D eigenvalue weighted by atomic mass is 9.88. The Morgan fingerprint density at radius 1 is 1.27 bits per heavy atom. The maximum absolute atomic E-state index is 12.9. The van der Waals surface area contributed by atoms with Gasteiger partial charge in [0.25, 0.3) is 0 Å². The lowest BCUT2D eigenvalue weighted by Crippen LogP contribution is -2.40. The zero-order valence-electron chi connectivity index (χ0n) is 13.6. The van der Waals surface area contributed by atoms with Crippen LogP contribution in [0, 0.1) is 11.3 Å². The third kappa shape index (κ3) is 3.49. The number of rotatable bonds is 5. The van der Waals surface area contributed by atoms with E-state index in [2.05, 4.69) is 0 Å². The summed E-state index contributed by atoms with van der Waals surface area (Å²) in [5.41, 5.74) is 0.682. The Hall–Kier alpha value is -1.84. The van der Waals surface area contributed by atoms with Gasteiger partial charge in [-0.05, 0) is 24.3 Å². The van der Waals surface area contributed by atoms with Gasteiger partial charge in [0.15, 0.2) is 0 Å². The zero-order valence-corrected chi connectivity index (χ0v) is 13.6. The predicted molar refractivity (Wildman–Crippen MR) is 85.3 cm³/mol. The molecule has 0 aliphatic carbocycles. The van der Waals surface area contributed by atoms with E-state index >= 15 is 0 Å². The minimum atomic E-state index is -0.791. The van der Waals surface area contributed by atoms with Gasteiger partial charge in [-0.15, -0.1) is 0 Å². The molecule has 0 bridgehead atoms. The van der Waals surface area contributed by atoms with Crippen molar-refractivity contribution in [2.24, 2.45) is 11.3 Å². The number of hydrogen-bond acceptors (Lipinski definition) is 2. The quantitative estimate of drug-likeness (QED) is 0.906. The monoisotopic (exact) mass is 303 g/mol. The smallest absolute Gasteiger partial charge is 0.303 e. The van der Waals surface area contributed by atoms with Gasteiger partial charge in [0.2, 0.25) is 5.91 Å². The highest BCUT2D eigenvalue weighted by molar-refractivity contribution is 5.82. The molecule has 4 heteroatoms. The van der Waals surface area contributed by atoms with E-state index in [9.17, 15) is 9.59 Å². The molecule has 1 amide bonds. The molecule has 1 aromatic rings. The molecule has 1 heterocycles. The van der Waals surface area contributed by atoms with E-state index in [1.165, 1.54) is 0 Å². The van der Waals surface area contributed by atoms with E-state index < -0.39 is 11.4 Å². The number of nitrogens with zero attached hydrogens (tertiary/aromatic N) is 1. The average Bonchev–Trinajstić information content (AvgIpc) is 2.90. The predicted octanol–water partition coefficient (Wildman–Crippen LogP) is 3.49. The van der Waals surface area contributed by atoms with Crippen LogP contribution in [-0.4, -0.2) is 28.4 Å². The Balaban J connectivity index is 2.27. The molecule has 0 aromatic heterocycles. The molecule has 0 radical (unpaired) electrons. The molecular weight excluding hydrogens is 278 g/mol. The third-order valence-corrected chi connectivity index (χ3v) is 4.76. The van der Waals surface area contributed by atoms with Crippen LogP contribution >= 0.6 is 0 Å². The summed E-state index contributed by atoms with van der Waals surface area (Å²) in [5, 5.41) is 9.06. The van der Waals surface area contributed by atoms with Crippen LogP contribution in [0.5, 0.6) is 0 Å². The molecule has 2 atom stereocenters. The Morgan fingerprint density at radius 3 is 2.45 bits per heavy atom. The summed E-state index contributed by atoms with van der Waals surface area (Å²) < 4.78 is 0. The van der Waals surface area contributed by atoms with Crippen molar-refractivity contribution in [1.29, 1.82) is 0 Å². The van der Waals surface area contributed by atoms with Gasteiger partial charge in [-0.2, -0.15) is 0 Å². The molecule has 1 saturated heterocycles. The fourth-order valence-electron chi connectivity index (χ4n) is 3.07. The van der Waals surface area contributed by atoms with Crippen molar-refractivity contribution in [3.05, 3.63) is 35.9 Å². The maximum atomic E-state index is 12.9. The van der Waals surface area contributed by atoms with Gasteiger partial charge < -0.3 is 10.0 Å². The number of hydrogen-bond donors (Lipinski definition) is 1. The molecule has 1 N–H and O–H groups in total. The second-order valence-corrected chi connectivity index (χ2v) is 6.82. The fraction of sp³-hybridized carbons (Fsp3) is 0.556. The first kappa shape index (κ1) is 16.5. The van der Waals surface area contributed by atoms with Crippen molar-refractivity contribution in [3.63, 3.8) is 0 Å². The van der Waals surface area contributed by atoms with Crippen LogP contribution < -0.4 is 0 Å². The van der Waals surface area contributed by atoms with Gasteiger partial charge in [-0.25, -0.2) is 0 Å². The summed E-state index contributed by atoms with van der Waals surface area (Å²) >= 11 is 0. The summed E-state index contributed by atoms with van der Waals surface area (Å²) in [6.07, 6.45) is 1.62. The largest absolute Gasteiger partial charge is 0.481 e. The third-order valence-electron chi connectivity index (χ3n) is 4.76. The molecule has 0 unspecified atom stereocenters. The summed E-state index contributed by atoms with van der Waals surface area (Å²) in [6, 6.07) is 9.92. The van der Waals surface area contributed by atoms with Gasteiger partial charge in [-0.1, -0.05) is 51.1 Å². The normalized spacial score (nSPS) is 21.9. The first-order valence-electron chi connectivity index (χ1n) is 7.93. The molecule has 2 rings (SSSR count). The first-order valence-corrected chi connectivity index (χ1v) is 7.93. The van der Waals surface area contributed by atoms with Crippen molar-refractivity contribution in [3.8, 4) is 0 Å². The number of benzene rings is 1. The Kier molecular flexibility index (Phi) is 4.89. The van der Waals surface area contributed by atoms with Crippen LogP contribution in [0.4, 0.5) is 0 Å². The lowest BCUT2D eigenvalue weighted by Gasteiger charge is -2.32. The fourth-order valence-corrected chi connectivity index (χ4v) is 3.07. The summed E-state index contributed by atoms with van der Waals surface area (Å²) in [6.45, 7) is 6.47. The maximum Gasteiger partial charge on any atom is 0.303 e. The molecule has 1 aliphatic heterocycles. The van der Waals surface area contributed by atoms with Gasteiger partial charge >= 0.3 is 5.97 Å². The highest BCUT2D eigenvalue weighted by Crippen LogP contribution is 2.40. The van der Waals surface area contributed by atoms with Crippen molar-refractivity contribution >= 4 is 11.9 Å². The highest BCUT2D eigenvalue weighted by atomic mass is 16.4. The number of aliphatic carboxylic acids is 1. The molecule has 0 spiro atoms. The molecule has 1 fully saturated rings. The second kappa shape index (κ2) is 6.51. The molecule has 0 saturated carbocycles. The topological polar surface area (TPSA) is 57.6 Å². The van der Waals surface area contributed by atoms with Crippen LogP contribution in [0.25, 0.3) is 0 Å². The van der Waals surface area contributed by atoms with Crippen LogP contribution in [0.3, 0.4) is 0 Å². The first-order chi connectivity index (χ1) is 10.3. The Labute approximate surface area is 132 Å². The van der Waals surface area contributed by atoms with Crippen molar-refractivity contribution in [2.45, 2.75) is 46.1 Å². The van der Waals surface area contributed by atoms with Gasteiger partial charge in [0, 0.05) is 18.4 Å². The van der Waals surface area contributed by atoms with E-state index in [0.717, 1.165) is 18.4 Å². The van der Waals surface area contributed by atoms with E-state index in [0.29, 0.717) is 6.54 Å². The van der Waals surface area contributed by atoms with Crippen molar-refractivity contribution in [2.75, 3.05) is 6.54 Å². The van der Waals surface area contributed by atoms with Crippen molar-refractivity contribution < 1.29 is 14.7 Å². The average molecular weight is 303 g/mol. The number of carboxylic acids is 1. The van der Waals surface area contributed by atoms with Crippen LogP contribution in [0.2, 0.25) is 0 Å². The van der Waals surface area contributed by atoms with Crippen molar-refractivity contribution in [1.82, 2.24) is 4.90 Å². The van der Waals surface area contributed by atoms with E-state index in [1.807, 2.05) is 56.0 Å². The Morgan fingerprint density at radius 2 is 1.91 bits per heavy atom. The minimum Gasteiger partial charge on any atom is -0.481 e. The summed E-state index contributed by atoms with van der Waals surface area (Å²) in [4.78, 5) is 25.8. The molecule has 4 nitrogen and oxygen atoms in total. The minimum absolute atomic E-state index is 0.0103. The van der Waals surface area contributed by atoms with Crippen LogP contribution in [0.1, 0.15) is 51.6 Å².